The van der Waals surface area contributed by atoms with Crippen LogP contribution in [-0.2, 0) is 0 Å². The van der Waals surface area contributed by atoms with Crippen LogP contribution in [0.2, 0.25) is 0 Å². The van der Waals surface area contributed by atoms with Crippen molar-refractivity contribution < 1.29 is 0 Å². The van der Waals surface area contributed by atoms with Crippen molar-refractivity contribution in [2.24, 2.45) is 17.8 Å². The summed E-state index contributed by atoms with van der Waals surface area (Å²) < 4.78 is 0. The molecule has 13 heavy (non-hydrogen) atoms. The summed E-state index contributed by atoms with van der Waals surface area (Å²) in [5.74, 6) is 2.30. The van der Waals surface area contributed by atoms with Gasteiger partial charge in [0.2, 0.25) is 0 Å². The molecule has 0 heteroatoms. The molecule has 2 aliphatic carbocycles. The third kappa shape index (κ3) is 1.63. The molecule has 0 bridgehead atoms. The van der Waals surface area contributed by atoms with E-state index in [1.165, 1.54) is 12.8 Å². The Balaban J connectivity index is 2.23. The first-order valence-electron chi connectivity index (χ1n) is 5.32. The van der Waals surface area contributed by atoms with Gasteiger partial charge in [-0.2, -0.15) is 0 Å². The Hall–Kier alpha value is -0.780. The summed E-state index contributed by atoms with van der Waals surface area (Å²) in [5.41, 5.74) is 1.65. The molecule has 0 amide bonds. The van der Waals surface area contributed by atoms with Gasteiger partial charge in [0, 0.05) is 0 Å². The minimum absolute atomic E-state index is 0.712. The van der Waals surface area contributed by atoms with Crippen molar-refractivity contribution in [2.75, 3.05) is 0 Å². The molecular formula is C13H18. The van der Waals surface area contributed by atoms with E-state index < -0.39 is 0 Å². The highest BCUT2D eigenvalue weighted by Gasteiger charge is 2.26. The van der Waals surface area contributed by atoms with Gasteiger partial charge in [0.05, 0.1) is 0 Å². The maximum absolute atomic E-state index is 2.38. The topological polar surface area (TPSA) is 0 Å². The summed E-state index contributed by atoms with van der Waals surface area (Å²) in [6.45, 7) is 4.61. The van der Waals surface area contributed by atoms with Crippen molar-refractivity contribution in [3.8, 4) is 0 Å². The van der Waals surface area contributed by atoms with Gasteiger partial charge in [0.15, 0.2) is 0 Å². The zero-order chi connectivity index (χ0) is 9.26. The van der Waals surface area contributed by atoms with E-state index in [0.29, 0.717) is 5.92 Å². The van der Waals surface area contributed by atoms with Gasteiger partial charge >= 0.3 is 0 Å². The smallest absolute Gasteiger partial charge is 0.00969 e. The molecule has 0 aromatic carbocycles. The number of rotatable bonds is 1. The Labute approximate surface area is 81.0 Å². The molecule has 0 fully saturated rings. The van der Waals surface area contributed by atoms with E-state index in [2.05, 4.69) is 44.2 Å². The molecule has 2 unspecified atom stereocenters. The molecule has 0 saturated heterocycles. The second-order valence-electron chi connectivity index (χ2n) is 4.42. The van der Waals surface area contributed by atoms with Crippen LogP contribution in [0.15, 0.2) is 36.0 Å². The van der Waals surface area contributed by atoms with Crippen molar-refractivity contribution in [2.45, 2.75) is 26.7 Å². The molecular weight excluding hydrogens is 156 g/mol. The Morgan fingerprint density at radius 2 is 2.00 bits per heavy atom. The Morgan fingerprint density at radius 1 is 1.23 bits per heavy atom. The Morgan fingerprint density at radius 3 is 2.77 bits per heavy atom. The third-order valence-corrected chi connectivity index (χ3v) is 3.22. The second-order valence-corrected chi connectivity index (χ2v) is 4.42. The number of allylic oxidation sites excluding steroid dienone is 6. The summed E-state index contributed by atoms with van der Waals surface area (Å²) in [6.07, 6.45) is 14.1. The standard InChI is InChI=1S/C13H18/c1-10(2)12-9-5-7-11-6-3-4-8-13(11)12/h3-5,7,9-11,13H,6,8H2,1-2H3. The normalized spacial score (nSPS) is 31.8. The van der Waals surface area contributed by atoms with E-state index in [-0.39, 0.29) is 0 Å². The Bertz CT molecular complexity index is 266. The van der Waals surface area contributed by atoms with Crippen LogP contribution in [-0.4, -0.2) is 0 Å². The highest BCUT2D eigenvalue weighted by atomic mass is 14.3. The maximum Gasteiger partial charge on any atom is -0.00969 e. The molecule has 0 heterocycles. The molecule has 0 saturated carbocycles. The first-order chi connectivity index (χ1) is 6.29. The summed E-state index contributed by atoms with van der Waals surface area (Å²) in [4.78, 5) is 0. The van der Waals surface area contributed by atoms with Gasteiger partial charge in [-0.1, -0.05) is 49.8 Å². The van der Waals surface area contributed by atoms with Crippen LogP contribution in [0.1, 0.15) is 26.7 Å². The fourth-order valence-electron chi connectivity index (χ4n) is 2.48. The number of hydrogen-bond donors (Lipinski definition) is 0. The van der Waals surface area contributed by atoms with Crippen LogP contribution in [0.3, 0.4) is 0 Å². The molecule has 0 spiro atoms. The van der Waals surface area contributed by atoms with Crippen molar-refractivity contribution >= 4 is 0 Å². The van der Waals surface area contributed by atoms with Gasteiger partial charge in [0.1, 0.15) is 0 Å². The fourth-order valence-corrected chi connectivity index (χ4v) is 2.48. The lowest BCUT2D eigenvalue weighted by Gasteiger charge is -2.32. The third-order valence-electron chi connectivity index (χ3n) is 3.22. The van der Waals surface area contributed by atoms with E-state index in [1.54, 1.807) is 5.57 Å². The van der Waals surface area contributed by atoms with Crippen molar-refractivity contribution in [3.63, 3.8) is 0 Å². The molecule has 0 aromatic rings. The zero-order valence-electron chi connectivity index (χ0n) is 8.53. The highest BCUT2D eigenvalue weighted by Crippen LogP contribution is 2.38. The molecule has 0 radical (unpaired) electrons. The summed E-state index contributed by atoms with van der Waals surface area (Å²) in [5, 5.41) is 0. The summed E-state index contributed by atoms with van der Waals surface area (Å²) in [6, 6.07) is 0. The van der Waals surface area contributed by atoms with Gasteiger partial charge in [-0.05, 0) is 30.6 Å². The predicted octanol–water partition coefficient (Wildman–Crippen LogP) is 3.72. The van der Waals surface area contributed by atoms with Gasteiger partial charge in [-0.15, -0.1) is 0 Å². The first kappa shape index (κ1) is 8.80. The van der Waals surface area contributed by atoms with Crippen LogP contribution in [0.25, 0.3) is 0 Å². The van der Waals surface area contributed by atoms with Crippen molar-refractivity contribution in [1.29, 1.82) is 0 Å². The lowest BCUT2D eigenvalue weighted by molar-refractivity contribution is 0.406. The number of fused-ring (bicyclic) bond motifs is 1. The van der Waals surface area contributed by atoms with Crippen LogP contribution < -0.4 is 0 Å². The lowest BCUT2D eigenvalue weighted by atomic mass is 9.72. The van der Waals surface area contributed by atoms with Gasteiger partial charge in [0.25, 0.3) is 0 Å². The minimum Gasteiger partial charge on any atom is -0.0879 e. The molecule has 0 N–H and O–H groups in total. The predicted molar refractivity (Wildman–Crippen MR) is 57.4 cm³/mol. The molecule has 2 atom stereocenters. The van der Waals surface area contributed by atoms with E-state index in [0.717, 1.165) is 11.8 Å². The highest BCUT2D eigenvalue weighted by molar-refractivity contribution is 5.27. The summed E-state index contributed by atoms with van der Waals surface area (Å²) in [7, 11) is 0. The van der Waals surface area contributed by atoms with Crippen molar-refractivity contribution in [1.82, 2.24) is 0 Å². The second kappa shape index (κ2) is 3.53. The Kier molecular flexibility index (Phi) is 2.39. The van der Waals surface area contributed by atoms with Crippen LogP contribution in [0, 0.1) is 17.8 Å². The molecule has 0 nitrogen and oxygen atoms in total. The van der Waals surface area contributed by atoms with Gasteiger partial charge < -0.3 is 0 Å². The monoisotopic (exact) mass is 174 g/mol. The average Bonchev–Trinajstić information content (AvgIpc) is 2.17. The van der Waals surface area contributed by atoms with Crippen molar-refractivity contribution in [3.05, 3.63) is 36.0 Å². The zero-order valence-corrected chi connectivity index (χ0v) is 8.53. The van der Waals surface area contributed by atoms with E-state index in [4.69, 9.17) is 0 Å². The quantitative estimate of drug-likeness (QED) is 0.531. The van der Waals surface area contributed by atoms with Crippen LogP contribution in [0.5, 0.6) is 0 Å². The number of hydrogen-bond acceptors (Lipinski definition) is 0. The van der Waals surface area contributed by atoms with E-state index in [1.807, 2.05) is 0 Å². The first-order valence-corrected chi connectivity index (χ1v) is 5.32. The molecule has 2 rings (SSSR count). The average molecular weight is 174 g/mol. The van der Waals surface area contributed by atoms with Crippen LogP contribution >= 0.6 is 0 Å². The maximum atomic E-state index is 2.38. The van der Waals surface area contributed by atoms with Crippen LogP contribution in [0.4, 0.5) is 0 Å². The SMILES string of the molecule is CC(C)C1=CC=CC2CC=CCC12. The van der Waals surface area contributed by atoms with Gasteiger partial charge in [-0.25, -0.2) is 0 Å². The summed E-state index contributed by atoms with van der Waals surface area (Å²) >= 11 is 0. The molecule has 0 aliphatic heterocycles. The minimum atomic E-state index is 0.712. The van der Waals surface area contributed by atoms with E-state index in [9.17, 15) is 0 Å². The molecule has 70 valence electrons. The van der Waals surface area contributed by atoms with E-state index >= 15 is 0 Å². The molecule has 0 aromatic heterocycles. The fraction of sp³-hybridized carbons (Fsp3) is 0.538. The largest absolute Gasteiger partial charge is 0.0879 e. The lowest BCUT2D eigenvalue weighted by Crippen LogP contribution is -2.21. The molecule has 2 aliphatic rings. The van der Waals surface area contributed by atoms with Gasteiger partial charge in [-0.3, -0.25) is 0 Å².